The normalized spacial score (nSPS) is 20.7. The number of ether oxygens (including phenoxy) is 1. The molecule has 0 fully saturated rings. The minimum Gasteiger partial charge on any atom is -0.411 e. The fourth-order valence-corrected chi connectivity index (χ4v) is 1.18. The van der Waals surface area contributed by atoms with E-state index in [2.05, 4.69) is 11.1 Å². The lowest BCUT2D eigenvalue weighted by molar-refractivity contribution is 0.0520. The summed E-state index contributed by atoms with van der Waals surface area (Å²) in [6.45, 7) is 0.652. The van der Waals surface area contributed by atoms with Crippen molar-refractivity contribution < 1.29 is 9.94 Å². The Morgan fingerprint density at radius 3 is 3.14 bits per heavy atom. The summed E-state index contributed by atoms with van der Waals surface area (Å²) < 4.78 is 5.16. The van der Waals surface area contributed by atoms with E-state index in [1.807, 2.05) is 29.2 Å². The molecule has 1 N–H and O–H groups in total. The maximum absolute atomic E-state index is 8.45. The molecule has 14 heavy (non-hydrogen) atoms. The first-order valence-corrected chi connectivity index (χ1v) is 4.14. The zero-order valence-corrected chi connectivity index (χ0v) is 8.00. The third-order valence-electron chi connectivity index (χ3n) is 1.88. The molecule has 1 atom stereocenters. The largest absolute Gasteiger partial charge is 0.411 e. The molecule has 0 spiro atoms. The molecule has 1 heterocycles. The second-order valence-electron chi connectivity index (χ2n) is 2.84. The molecular weight excluding hydrogens is 182 g/mol. The van der Waals surface area contributed by atoms with Gasteiger partial charge in [0, 0.05) is 19.4 Å². The number of nitrogens with zero attached hydrogens (tertiary/aromatic N) is 3. The molecule has 1 aliphatic rings. The molecule has 76 valence electrons. The molecule has 1 aliphatic heterocycles. The first kappa shape index (κ1) is 10.4. The molecule has 0 radical (unpaired) electrons. The highest BCUT2D eigenvalue weighted by molar-refractivity contribution is 5.64. The van der Waals surface area contributed by atoms with Crippen LogP contribution in [0.1, 0.15) is 0 Å². The van der Waals surface area contributed by atoms with Crippen LogP contribution in [-0.4, -0.2) is 47.8 Å². The smallest absolute Gasteiger partial charge is 0.142 e. The molecule has 5 heteroatoms. The fraction of sp³-hybridized carbons (Fsp3) is 0.444. The minimum absolute atomic E-state index is 0.113. The molecule has 0 saturated heterocycles. The quantitative estimate of drug-likeness (QED) is 0.227. The van der Waals surface area contributed by atoms with Crippen molar-refractivity contribution in [2.75, 3.05) is 20.4 Å². The number of rotatable bonds is 4. The Morgan fingerprint density at radius 2 is 2.50 bits per heavy atom. The van der Waals surface area contributed by atoms with E-state index in [0.29, 0.717) is 6.73 Å². The van der Waals surface area contributed by atoms with Gasteiger partial charge >= 0.3 is 0 Å². The predicted molar refractivity (Wildman–Crippen MR) is 52.5 cm³/mol. The zero-order chi connectivity index (χ0) is 10.4. The number of hydrogen-bond acceptors (Lipinski definition) is 5. The van der Waals surface area contributed by atoms with Crippen LogP contribution in [-0.2, 0) is 4.74 Å². The van der Waals surface area contributed by atoms with Crippen LogP contribution in [0.15, 0.2) is 17.6 Å². The van der Waals surface area contributed by atoms with E-state index >= 15 is 0 Å². The summed E-state index contributed by atoms with van der Waals surface area (Å²) in [7, 11) is 1.88. The van der Waals surface area contributed by atoms with Crippen molar-refractivity contribution in [3.63, 3.8) is 0 Å². The molecule has 0 amide bonds. The molecule has 0 bridgehead atoms. The predicted octanol–water partition coefficient (Wildman–Crippen LogP) is 0.0984. The summed E-state index contributed by atoms with van der Waals surface area (Å²) in [6.07, 6.45) is 10.1. The van der Waals surface area contributed by atoms with E-state index in [1.54, 1.807) is 0 Å². The van der Waals surface area contributed by atoms with Crippen molar-refractivity contribution in [3.8, 4) is 12.3 Å². The van der Waals surface area contributed by atoms with Crippen molar-refractivity contribution in [2.24, 2.45) is 5.16 Å². The lowest BCUT2D eigenvalue weighted by Gasteiger charge is -2.25. The summed E-state index contributed by atoms with van der Waals surface area (Å²) in [4.78, 5) is 3.75. The van der Waals surface area contributed by atoms with Gasteiger partial charge in [-0.1, -0.05) is 11.1 Å². The first-order valence-electron chi connectivity index (χ1n) is 4.14. The molecule has 0 saturated carbocycles. The molecule has 5 nitrogen and oxygen atoms in total. The zero-order valence-electron chi connectivity index (χ0n) is 8.00. The lowest BCUT2D eigenvalue weighted by atomic mass is 10.5. The van der Waals surface area contributed by atoms with Crippen molar-refractivity contribution in [3.05, 3.63) is 12.4 Å². The van der Waals surface area contributed by atoms with Crippen LogP contribution in [0.3, 0.4) is 0 Å². The molecule has 1 rings (SSSR count). The van der Waals surface area contributed by atoms with Gasteiger partial charge in [0.15, 0.2) is 0 Å². The standard InChI is InChI=1S/C9H13N3O2/c1-3-6-14-8-12-5-4-11(2)9(12)7-10-13/h1,4-5,7,9,13H,6,8H2,2H3/b10-7-. The van der Waals surface area contributed by atoms with Crippen molar-refractivity contribution >= 4 is 6.21 Å². The molecule has 0 aromatic heterocycles. The van der Waals surface area contributed by atoms with Gasteiger partial charge in [-0.3, -0.25) is 0 Å². The highest BCUT2D eigenvalue weighted by Crippen LogP contribution is 2.11. The van der Waals surface area contributed by atoms with Gasteiger partial charge in [0.1, 0.15) is 19.5 Å². The van der Waals surface area contributed by atoms with Gasteiger partial charge < -0.3 is 19.7 Å². The SMILES string of the molecule is C#CCOCN1C=CN(C)C1/C=N\O. The van der Waals surface area contributed by atoms with Gasteiger partial charge in [-0.05, 0) is 0 Å². The van der Waals surface area contributed by atoms with Gasteiger partial charge in [0.2, 0.25) is 0 Å². The maximum atomic E-state index is 8.45. The number of oxime groups is 1. The molecular formula is C9H13N3O2. The van der Waals surface area contributed by atoms with E-state index in [9.17, 15) is 0 Å². The van der Waals surface area contributed by atoms with Gasteiger partial charge in [-0.2, -0.15) is 0 Å². The van der Waals surface area contributed by atoms with Crippen LogP contribution in [0, 0.1) is 12.3 Å². The van der Waals surface area contributed by atoms with Crippen LogP contribution >= 0.6 is 0 Å². The third-order valence-corrected chi connectivity index (χ3v) is 1.88. The van der Waals surface area contributed by atoms with E-state index < -0.39 is 0 Å². The Kier molecular flexibility index (Phi) is 3.83. The van der Waals surface area contributed by atoms with E-state index in [-0.39, 0.29) is 12.8 Å². The number of terminal acetylenes is 1. The minimum atomic E-state index is -0.113. The van der Waals surface area contributed by atoms with E-state index in [1.165, 1.54) is 6.21 Å². The second-order valence-corrected chi connectivity index (χ2v) is 2.84. The lowest BCUT2D eigenvalue weighted by Crippen LogP contribution is -2.39. The third kappa shape index (κ3) is 2.41. The Morgan fingerprint density at radius 1 is 1.71 bits per heavy atom. The Balaban J connectivity index is 2.44. The molecule has 0 aliphatic carbocycles. The summed E-state index contributed by atoms with van der Waals surface area (Å²) in [5, 5.41) is 11.5. The topological polar surface area (TPSA) is 48.3 Å². The average molecular weight is 195 g/mol. The average Bonchev–Trinajstić information content (AvgIpc) is 2.51. The monoisotopic (exact) mass is 195 g/mol. The van der Waals surface area contributed by atoms with Crippen LogP contribution < -0.4 is 0 Å². The second kappa shape index (κ2) is 5.14. The molecule has 0 aromatic rings. The van der Waals surface area contributed by atoms with Crippen LogP contribution in [0.25, 0.3) is 0 Å². The molecule has 0 aromatic carbocycles. The van der Waals surface area contributed by atoms with Gasteiger partial charge in [0.05, 0.1) is 6.21 Å². The van der Waals surface area contributed by atoms with Gasteiger partial charge in [-0.15, -0.1) is 6.42 Å². The highest BCUT2D eigenvalue weighted by atomic mass is 16.5. The highest BCUT2D eigenvalue weighted by Gasteiger charge is 2.21. The fourth-order valence-electron chi connectivity index (χ4n) is 1.18. The van der Waals surface area contributed by atoms with Crippen molar-refractivity contribution in [1.82, 2.24) is 9.80 Å². The summed E-state index contributed by atoms with van der Waals surface area (Å²) >= 11 is 0. The van der Waals surface area contributed by atoms with Gasteiger partial charge in [0.25, 0.3) is 0 Å². The van der Waals surface area contributed by atoms with E-state index in [4.69, 9.17) is 16.4 Å². The van der Waals surface area contributed by atoms with Crippen molar-refractivity contribution in [1.29, 1.82) is 0 Å². The van der Waals surface area contributed by atoms with Gasteiger partial charge in [-0.25, -0.2) is 0 Å². The number of hydrogen-bond donors (Lipinski definition) is 1. The van der Waals surface area contributed by atoms with E-state index in [0.717, 1.165) is 0 Å². The van der Waals surface area contributed by atoms with Crippen LogP contribution in [0.2, 0.25) is 0 Å². The summed E-state index contributed by atoms with van der Waals surface area (Å²) in [5.74, 6) is 2.38. The Hall–Kier alpha value is -1.67. The van der Waals surface area contributed by atoms with Crippen LogP contribution in [0.5, 0.6) is 0 Å². The Labute approximate surface area is 83.2 Å². The Bertz CT molecular complexity index is 270. The van der Waals surface area contributed by atoms with Crippen LogP contribution in [0.4, 0.5) is 0 Å². The summed E-state index contributed by atoms with van der Waals surface area (Å²) in [6, 6.07) is 0. The summed E-state index contributed by atoms with van der Waals surface area (Å²) in [5.41, 5.74) is 0. The first-order chi connectivity index (χ1) is 6.79. The molecule has 1 unspecified atom stereocenters. The van der Waals surface area contributed by atoms with Crippen molar-refractivity contribution in [2.45, 2.75) is 6.17 Å². The maximum Gasteiger partial charge on any atom is 0.142 e.